The summed E-state index contributed by atoms with van der Waals surface area (Å²) in [5.74, 6) is 0. The smallest absolute Gasteiger partial charge is 0.345 e. The minimum atomic E-state index is -4.37. The highest BCUT2D eigenvalue weighted by molar-refractivity contribution is 8.01. The summed E-state index contributed by atoms with van der Waals surface area (Å²) in [5.41, 5.74) is 1.26. The summed E-state index contributed by atoms with van der Waals surface area (Å²) in [6, 6.07) is 11.1. The van der Waals surface area contributed by atoms with Crippen LogP contribution in [0.3, 0.4) is 0 Å². The molecule has 0 saturated carbocycles. The number of hydrogen-bond donors (Lipinski definition) is 1. The van der Waals surface area contributed by atoms with Crippen LogP contribution in [0.4, 0.5) is 13.2 Å². The molecule has 0 aliphatic carbocycles. The molecule has 0 unspecified atom stereocenters. The van der Waals surface area contributed by atoms with Crippen molar-refractivity contribution in [3.8, 4) is 11.1 Å². The third-order valence-corrected chi connectivity index (χ3v) is 5.82. The van der Waals surface area contributed by atoms with E-state index in [2.05, 4.69) is 9.97 Å². The van der Waals surface area contributed by atoms with Crippen LogP contribution in [0.15, 0.2) is 69.3 Å². The molecule has 1 N–H and O–H groups in total. The number of rotatable bonds is 3. The summed E-state index contributed by atoms with van der Waals surface area (Å²) in [6.07, 6.45) is -0.915. The van der Waals surface area contributed by atoms with Crippen LogP contribution in [0.25, 0.3) is 22.2 Å². The number of halogens is 3. The Morgan fingerprint density at radius 1 is 1.08 bits per heavy atom. The molecular weight excluding hydrogens is 365 g/mol. The number of alkyl halides is 3. The van der Waals surface area contributed by atoms with E-state index >= 15 is 0 Å². The lowest BCUT2D eigenvalue weighted by Crippen LogP contribution is -2.04. The minimum absolute atomic E-state index is 0.523. The van der Waals surface area contributed by atoms with Gasteiger partial charge in [-0.3, -0.25) is 0 Å². The molecule has 4 aromatic rings. The quantitative estimate of drug-likeness (QED) is 0.444. The first-order valence-corrected chi connectivity index (χ1v) is 9.07. The highest BCUT2D eigenvalue weighted by atomic mass is 32.2. The van der Waals surface area contributed by atoms with Crippen LogP contribution in [0, 0.1) is 0 Å². The van der Waals surface area contributed by atoms with E-state index in [1.807, 2.05) is 23.7 Å². The fourth-order valence-electron chi connectivity index (χ4n) is 2.64. The van der Waals surface area contributed by atoms with Crippen molar-refractivity contribution < 1.29 is 13.2 Å². The monoisotopic (exact) mass is 376 g/mol. The molecule has 0 bridgehead atoms. The second kappa shape index (κ2) is 6.24. The third-order valence-electron chi connectivity index (χ3n) is 3.74. The molecular formula is C18H11F3N2S2. The molecule has 0 aliphatic heterocycles. The predicted octanol–water partition coefficient (Wildman–Crippen LogP) is 6.46. The molecule has 126 valence electrons. The van der Waals surface area contributed by atoms with Crippen LogP contribution < -0.4 is 0 Å². The molecule has 0 atom stereocenters. The van der Waals surface area contributed by atoms with Crippen LogP contribution in [0.5, 0.6) is 0 Å². The Bertz CT molecular complexity index is 1020. The highest BCUT2D eigenvalue weighted by Gasteiger charge is 2.30. The van der Waals surface area contributed by atoms with Gasteiger partial charge in [0.25, 0.3) is 0 Å². The fraction of sp³-hybridized carbons (Fsp3) is 0.0556. The maximum absolute atomic E-state index is 13.0. The maximum Gasteiger partial charge on any atom is 0.416 e. The lowest BCUT2D eigenvalue weighted by atomic mass is 10.0. The van der Waals surface area contributed by atoms with Gasteiger partial charge in [-0.25, -0.2) is 4.98 Å². The molecule has 4 rings (SSSR count). The molecule has 3 aromatic heterocycles. The lowest BCUT2D eigenvalue weighted by molar-refractivity contribution is -0.137. The number of thiophene rings is 1. The van der Waals surface area contributed by atoms with Gasteiger partial charge in [-0.15, -0.1) is 11.3 Å². The van der Waals surface area contributed by atoms with Crippen molar-refractivity contribution in [1.29, 1.82) is 0 Å². The lowest BCUT2D eigenvalue weighted by Gasteiger charge is -2.10. The Morgan fingerprint density at radius 2 is 1.96 bits per heavy atom. The molecule has 3 heterocycles. The average Bonchev–Trinajstić information content (AvgIpc) is 3.25. The first kappa shape index (κ1) is 16.2. The Balaban J connectivity index is 1.86. The summed E-state index contributed by atoms with van der Waals surface area (Å²) >= 11 is 3.19. The first-order chi connectivity index (χ1) is 12.0. The molecule has 0 spiro atoms. The molecule has 0 aliphatic rings. The van der Waals surface area contributed by atoms with Gasteiger partial charge in [0, 0.05) is 22.7 Å². The first-order valence-electron chi connectivity index (χ1n) is 7.37. The van der Waals surface area contributed by atoms with Crippen molar-refractivity contribution in [2.45, 2.75) is 15.3 Å². The molecule has 25 heavy (non-hydrogen) atoms. The Hall–Kier alpha value is -2.25. The van der Waals surface area contributed by atoms with E-state index in [1.165, 1.54) is 12.1 Å². The molecule has 0 fully saturated rings. The zero-order valence-corrected chi connectivity index (χ0v) is 14.3. The number of pyridine rings is 1. The van der Waals surface area contributed by atoms with Crippen molar-refractivity contribution in [3.63, 3.8) is 0 Å². The second-order valence-electron chi connectivity index (χ2n) is 5.35. The van der Waals surface area contributed by atoms with Gasteiger partial charge >= 0.3 is 6.18 Å². The summed E-state index contributed by atoms with van der Waals surface area (Å²) in [6.45, 7) is 0. The van der Waals surface area contributed by atoms with Crippen molar-refractivity contribution in [2.75, 3.05) is 0 Å². The summed E-state index contributed by atoms with van der Waals surface area (Å²) in [7, 11) is 0. The largest absolute Gasteiger partial charge is 0.416 e. The predicted molar refractivity (Wildman–Crippen MR) is 95.0 cm³/mol. The number of nitrogens with one attached hydrogen (secondary N) is 1. The normalized spacial score (nSPS) is 12.0. The summed E-state index contributed by atoms with van der Waals surface area (Å²) in [4.78, 5) is 8.35. The molecule has 7 heteroatoms. The van der Waals surface area contributed by atoms with Crippen LogP contribution >= 0.6 is 23.1 Å². The van der Waals surface area contributed by atoms with E-state index in [0.717, 1.165) is 26.1 Å². The van der Waals surface area contributed by atoms with Gasteiger partial charge in [-0.2, -0.15) is 13.2 Å². The number of hydrogen-bond acceptors (Lipinski definition) is 3. The van der Waals surface area contributed by atoms with E-state index in [1.54, 1.807) is 41.4 Å². The van der Waals surface area contributed by atoms with Crippen molar-refractivity contribution in [3.05, 3.63) is 65.8 Å². The van der Waals surface area contributed by atoms with Gasteiger partial charge in [0.05, 0.1) is 9.77 Å². The standard InChI is InChI=1S/C18H11F3N2S2/c19-18(20,21)12-4-1-3-11(9-12)13-6-7-22-17-16(13)14(10-23-17)25-15-5-2-8-24-15/h1-10H,(H,22,23). The zero-order valence-electron chi connectivity index (χ0n) is 12.7. The molecule has 1 aromatic carbocycles. The number of H-pyrrole nitrogens is 1. The van der Waals surface area contributed by atoms with Gasteiger partial charge in [0.1, 0.15) is 5.65 Å². The number of aromatic amines is 1. The van der Waals surface area contributed by atoms with Crippen LogP contribution in [0.1, 0.15) is 5.56 Å². The Labute approximate surface area is 149 Å². The molecule has 0 saturated heterocycles. The average molecular weight is 376 g/mol. The topological polar surface area (TPSA) is 28.7 Å². The zero-order chi connectivity index (χ0) is 17.4. The molecule has 0 amide bonds. The van der Waals surface area contributed by atoms with Gasteiger partial charge < -0.3 is 4.98 Å². The SMILES string of the molecule is FC(F)(F)c1cccc(-c2ccnc3[nH]cc(Sc4cccs4)c23)c1. The number of aromatic nitrogens is 2. The third kappa shape index (κ3) is 3.17. The number of nitrogens with zero attached hydrogens (tertiary/aromatic N) is 1. The van der Waals surface area contributed by atoms with Crippen molar-refractivity contribution in [1.82, 2.24) is 9.97 Å². The van der Waals surface area contributed by atoms with Crippen LogP contribution in [0.2, 0.25) is 0 Å². The summed E-state index contributed by atoms with van der Waals surface area (Å²) in [5, 5.41) is 2.82. The Kier molecular flexibility index (Phi) is 4.05. The van der Waals surface area contributed by atoms with Crippen LogP contribution in [-0.2, 0) is 6.18 Å². The van der Waals surface area contributed by atoms with Crippen LogP contribution in [-0.4, -0.2) is 9.97 Å². The minimum Gasteiger partial charge on any atom is -0.345 e. The fourth-order valence-corrected chi connectivity index (χ4v) is 4.51. The molecule has 0 radical (unpaired) electrons. The van der Waals surface area contributed by atoms with Crippen molar-refractivity contribution >= 4 is 34.1 Å². The Morgan fingerprint density at radius 3 is 2.72 bits per heavy atom. The highest BCUT2D eigenvalue weighted by Crippen LogP contribution is 2.40. The van der Waals surface area contributed by atoms with E-state index < -0.39 is 11.7 Å². The van der Waals surface area contributed by atoms with E-state index in [9.17, 15) is 13.2 Å². The molecule has 2 nitrogen and oxygen atoms in total. The van der Waals surface area contributed by atoms with E-state index in [0.29, 0.717) is 11.2 Å². The second-order valence-corrected chi connectivity index (χ2v) is 7.64. The van der Waals surface area contributed by atoms with Crippen molar-refractivity contribution in [2.24, 2.45) is 0 Å². The van der Waals surface area contributed by atoms with Gasteiger partial charge in [0.15, 0.2) is 0 Å². The summed E-state index contributed by atoms with van der Waals surface area (Å²) < 4.78 is 40.3. The maximum atomic E-state index is 13.0. The van der Waals surface area contributed by atoms with Gasteiger partial charge in [-0.1, -0.05) is 30.0 Å². The number of benzene rings is 1. The number of fused-ring (bicyclic) bond motifs is 1. The van der Waals surface area contributed by atoms with E-state index in [-0.39, 0.29) is 0 Å². The van der Waals surface area contributed by atoms with Gasteiger partial charge in [0.2, 0.25) is 0 Å². The van der Waals surface area contributed by atoms with Gasteiger partial charge in [-0.05, 0) is 40.8 Å². The van der Waals surface area contributed by atoms with E-state index in [4.69, 9.17) is 0 Å².